The highest BCUT2D eigenvalue weighted by atomic mass is 13.9. The maximum absolute atomic E-state index is 3.69. The van der Waals surface area contributed by atoms with Crippen LogP contribution in [0.3, 0.4) is 0 Å². The zero-order chi connectivity index (χ0) is 29.0. The predicted molar refractivity (Wildman–Crippen MR) is 178 cm³/mol. The first-order valence-corrected chi connectivity index (χ1v) is 15.1. The number of hydrogen-bond acceptors (Lipinski definition) is 0. The molecule has 0 aromatic carbocycles. The molecule has 0 atom stereocenters. The second kappa shape index (κ2) is 69.9. The maximum atomic E-state index is 3.69. The number of hydrogen-bond donors (Lipinski definition) is 0. The molecule has 0 saturated carbocycles. The second-order valence-electron chi connectivity index (χ2n) is 8.60. The van der Waals surface area contributed by atoms with Gasteiger partial charge in [-0.15, -0.1) is 39.5 Å². The molecule has 36 heavy (non-hydrogen) atoms. The van der Waals surface area contributed by atoms with E-state index in [2.05, 4.69) is 74.1 Å². The minimum Gasteiger partial charge on any atom is -0.103 e. The Morgan fingerprint density at radius 2 is 0.639 bits per heavy atom. The van der Waals surface area contributed by atoms with E-state index in [-0.39, 0.29) is 0 Å². The summed E-state index contributed by atoms with van der Waals surface area (Å²) in [7, 11) is 0. The average Bonchev–Trinajstić information content (AvgIpc) is 2.90. The first kappa shape index (κ1) is 47.6. The van der Waals surface area contributed by atoms with Crippen LogP contribution in [0.25, 0.3) is 0 Å². The molecule has 0 spiro atoms. The van der Waals surface area contributed by atoms with E-state index < -0.39 is 0 Å². The molecule has 0 nitrogen and oxygen atoms in total. The molecule has 0 aliphatic rings. The summed E-state index contributed by atoms with van der Waals surface area (Å²) in [5, 5.41) is 0. The van der Waals surface area contributed by atoms with Crippen molar-refractivity contribution in [1.82, 2.24) is 0 Å². The van der Waals surface area contributed by atoms with E-state index in [9.17, 15) is 0 Å². The lowest BCUT2D eigenvalue weighted by Gasteiger charge is -1.96. The summed E-state index contributed by atoms with van der Waals surface area (Å²) in [6.45, 7) is 34.1. The molecule has 0 unspecified atom stereocenters. The van der Waals surface area contributed by atoms with Crippen LogP contribution in [-0.4, -0.2) is 0 Å². The molecule has 0 fully saturated rings. The van der Waals surface area contributed by atoms with Gasteiger partial charge in [0, 0.05) is 0 Å². The molecule has 0 radical (unpaired) electrons. The summed E-state index contributed by atoms with van der Waals surface area (Å²) in [5.41, 5.74) is 0. The van der Waals surface area contributed by atoms with Gasteiger partial charge in [0.05, 0.1) is 0 Å². The van der Waals surface area contributed by atoms with Gasteiger partial charge in [-0.05, 0) is 51.9 Å². The molecule has 0 heteroatoms. The monoisotopic (exact) mass is 505 g/mol. The van der Waals surface area contributed by atoms with Crippen LogP contribution in [0.4, 0.5) is 0 Å². The Bertz CT molecular complexity index is 360. The Morgan fingerprint density at radius 3 is 0.861 bits per heavy atom. The minimum atomic E-state index is 1.08. The van der Waals surface area contributed by atoms with Gasteiger partial charge in [-0.1, -0.05) is 142 Å². The summed E-state index contributed by atoms with van der Waals surface area (Å²) in [5.74, 6) is 0. The largest absolute Gasteiger partial charge is 0.103 e. The molecule has 0 N–H and O–H groups in total. The van der Waals surface area contributed by atoms with Crippen LogP contribution in [0.15, 0.2) is 75.9 Å². The van der Waals surface area contributed by atoms with Crippen LogP contribution in [0.5, 0.6) is 0 Å². The van der Waals surface area contributed by atoms with Crippen molar-refractivity contribution in [3.8, 4) is 0 Å². The molecule has 0 aliphatic carbocycles. The Hall–Kier alpha value is -1.56. The molecule has 0 amide bonds. The number of allylic oxidation sites excluding steroid dienone is 6. The molecule has 0 aliphatic heterocycles. The van der Waals surface area contributed by atoms with Gasteiger partial charge in [0.15, 0.2) is 0 Å². The first-order chi connectivity index (χ1) is 17.5. The van der Waals surface area contributed by atoms with E-state index in [1.807, 2.05) is 37.3 Å². The molecular weight excluding hydrogens is 432 g/mol. The zero-order valence-corrected chi connectivity index (χ0v) is 26.4. The molecule has 0 heterocycles. The molecular formula is C36H72. The fourth-order valence-corrected chi connectivity index (χ4v) is 2.34. The van der Waals surface area contributed by atoms with E-state index >= 15 is 0 Å². The fourth-order valence-electron chi connectivity index (χ4n) is 2.34. The third kappa shape index (κ3) is 119. The van der Waals surface area contributed by atoms with Crippen LogP contribution >= 0.6 is 0 Å². The summed E-state index contributed by atoms with van der Waals surface area (Å²) >= 11 is 0. The lowest BCUT2D eigenvalue weighted by Crippen LogP contribution is -1.76. The van der Waals surface area contributed by atoms with E-state index in [1.54, 1.807) is 6.08 Å². The third-order valence-corrected chi connectivity index (χ3v) is 4.57. The summed E-state index contributed by atoms with van der Waals surface area (Å²) in [6.07, 6.45) is 34.9. The van der Waals surface area contributed by atoms with Crippen molar-refractivity contribution in [2.75, 3.05) is 0 Å². The molecule has 0 rings (SSSR count). The lowest BCUT2D eigenvalue weighted by molar-refractivity contribution is 0.611. The van der Waals surface area contributed by atoms with E-state index in [4.69, 9.17) is 0 Å². The average molecular weight is 505 g/mol. The van der Waals surface area contributed by atoms with Gasteiger partial charge in [-0.25, -0.2) is 0 Å². The van der Waals surface area contributed by atoms with Crippen molar-refractivity contribution >= 4 is 0 Å². The van der Waals surface area contributed by atoms with Gasteiger partial charge in [0.1, 0.15) is 0 Å². The molecule has 0 aromatic rings. The summed E-state index contributed by atoms with van der Waals surface area (Å²) in [4.78, 5) is 0. The molecule has 0 bridgehead atoms. The van der Waals surface area contributed by atoms with E-state index in [1.165, 1.54) is 103 Å². The van der Waals surface area contributed by atoms with E-state index in [0.717, 1.165) is 12.8 Å². The lowest BCUT2D eigenvalue weighted by atomic mass is 10.1. The topological polar surface area (TPSA) is 0 Å². The van der Waals surface area contributed by atoms with Crippen molar-refractivity contribution in [1.29, 1.82) is 0 Å². The third-order valence-electron chi connectivity index (χ3n) is 4.57. The first-order valence-electron chi connectivity index (χ1n) is 15.1. The molecule has 216 valence electrons. The maximum Gasteiger partial charge on any atom is -0.0353 e. The molecule has 0 aromatic heterocycles. The second-order valence-corrected chi connectivity index (χ2v) is 8.60. The fraction of sp³-hybridized carbons (Fsp3) is 0.667. The summed E-state index contributed by atoms with van der Waals surface area (Å²) < 4.78 is 0. The van der Waals surface area contributed by atoms with Gasteiger partial charge in [0.2, 0.25) is 0 Å². The summed E-state index contributed by atoms with van der Waals surface area (Å²) in [6, 6.07) is 0. The van der Waals surface area contributed by atoms with E-state index in [0.29, 0.717) is 0 Å². The smallest absolute Gasteiger partial charge is 0.0353 e. The highest BCUT2D eigenvalue weighted by Gasteiger charge is 1.86. The van der Waals surface area contributed by atoms with Gasteiger partial charge in [0.25, 0.3) is 0 Å². The highest BCUT2D eigenvalue weighted by molar-refractivity contribution is 4.66. The van der Waals surface area contributed by atoms with Crippen molar-refractivity contribution in [2.45, 2.75) is 157 Å². The van der Waals surface area contributed by atoms with Crippen LogP contribution in [0, 0.1) is 0 Å². The Labute approximate surface area is 232 Å². The standard InChI is InChI=1S/C10H20.C8H16.C6H12.C5H10.C4H8.C3H6/c1-3-5-7-9-10-8-6-4-2;1-3-5-7-8-6-4-2;1-3-5-6-4-2;1-3-5-4-2;1-3-4-2;1-3-2/h3H,1,4-10H2,2H3;3H,1,4-8H2,2H3;3H,1,4-6H2,2H3;3H,1,4-5H2,2H3;3H,1,4H2,2H3;3H,1H2,2H3. The predicted octanol–water partition coefficient (Wildman–Crippen LogP) is 14.2. The van der Waals surface area contributed by atoms with Crippen molar-refractivity contribution in [3.05, 3.63) is 75.9 Å². The van der Waals surface area contributed by atoms with Gasteiger partial charge in [-0.3, -0.25) is 0 Å². The van der Waals surface area contributed by atoms with Crippen molar-refractivity contribution in [2.24, 2.45) is 0 Å². The van der Waals surface area contributed by atoms with Crippen LogP contribution in [-0.2, 0) is 0 Å². The molecule has 0 saturated heterocycles. The Balaban J connectivity index is -0.0000000785. The number of rotatable bonds is 18. The Morgan fingerprint density at radius 1 is 0.361 bits per heavy atom. The SMILES string of the molecule is C=CC.C=CCC.C=CCCC.C=CCCCC.C=CCCCCCC.C=CCCCCCCCC. The highest BCUT2D eigenvalue weighted by Crippen LogP contribution is 2.06. The van der Waals surface area contributed by atoms with Gasteiger partial charge < -0.3 is 0 Å². The quantitative estimate of drug-likeness (QED) is 0.128. The minimum absolute atomic E-state index is 1.08. The van der Waals surface area contributed by atoms with Gasteiger partial charge in [-0.2, -0.15) is 0 Å². The van der Waals surface area contributed by atoms with Crippen LogP contribution in [0.2, 0.25) is 0 Å². The van der Waals surface area contributed by atoms with Crippen molar-refractivity contribution in [3.63, 3.8) is 0 Å². The number of unbranched alkanes of at least 4 members (excludes halogenated alkanes) is 13. The zero-order valence-electron chi connectivity index (χ0n) is 26.4. The Kier molecular flexibility index (Phi) is 92.4. The van der Waals surface area contributed by atoms with Crippen molar-refractivity contribution < 1.29 is 0 Å². The van der Waals surface area contributed by atoms with Crippen LogP contribution in [0.1, 0.15) is 157 Å². The normalized spacial score (nSPS) is 8.17. The van der Waals surface area contributed by atoms with Gasteiger partial charge >= 0.3 is 0 Å². The van der Waals surface area contributed by atoms with Crippen LogP contribution < -0.4 is 0 Å².